The lowest BCUT2D eigenvalue weighted by Gasteiger charge is -2.27. The SMILES string of the molecule is CC(C)OC1CCC(N)CC1.Cl. The molecule has 0 aromatic rings. The molecule has 1 fully saturated rings. The molecule has 0 saturated heterocycles. The van der Waals surface area contributed by atoms with Gasteiger partial charge in [-0.1, -0.05) is 0 Å². The van der Waals surface area contributed by atoms with Gasteiger partial charge in [-0.2, -0.15) is 0 Å². The van der Waals surface area contributed by atoms with Crippen molar-refractivity contribution in [2.45, 2.75) is 57.8 Å². The van der Waals surface area contributed by atoms with Crippen molar-refractivity contribution < 1.29 is 4.74 Å². The molecule has 1 aliphatic rings. The monoisotopic (exact) mass is 193 g/mol. The zero-order valence-corrected chi connectivity index (χ0v) is 8.77. The number of ether oxygens (including phenoxy) is 1. The maximum atomic E-state index is 5.77. The van der Waals surface area contributed by atoms with Crippen molar-refractivity contribution in [1.82, 2.24) is 0 Å². The molecule has 0 aromatic carbocycles. The van der Waals surface area contributed by atoms with E-state index in [-0.39, 0.29) is 12.4 Å². The van der Waals surface area contributed by atoms with Crippen molar-refractivity contribution in [3.05, 3.63) is 0 Å². The number of rotatable bonds is 2. The van der Waals surface area contributed by atoms with Gasteiger partial charge in [0.25, 0.3) is 0 Å². The van der Waals surface area contributed by atoms with Crippen LogP contribution < -0.4 is 5.73 Å². The van der Waals surface area contributed by atoms with E-state index in [1.165, 1.54) is 0 Å². The molecule has 2 N–H and O–H groups in total. The molecule has 0 spiro atoms. The van der Waals surface area contributed by atoms with Gasteiger partial charge in [0, 0.05) is 6.04 Å². The minimum atomic E-state index is 0. The van der Waals surface area contributed by atoms with E-state index in [4.69, 9.17) is 10.5 Å². The second-order valence-electron chi connectivity index (χ2n) is 3.72. The maximum Gasteiger partial charge on any atom is 0.0579 e. The fourth-order valence-electron chi connectivity index (χ4n) is 1.61. The maximum absolute atomic E-state index is 5.77. The van der Waals surface area contributed by atoms with Crippen LogP contribution >= 0.6 is 12.4 Å². The Kier molecular flexibility index (Phi) is 5.89. The molecule has 0 unspecified atom stereocenters. The van der Waals surface area contributed by atoms with E-state index in [2.05, 4.69) is 13.8 Å². The van der Waals surface area contributed by atoms with E-state index >= 15 is 0 Å². The standard InChI is InChI=1S/C9H19NO.ClH/c1-7(2)11-9-5-3-8(10)4-6-9;/h7-9H,3-6,10H2,1-2H3;1H. The summed E-state index contributed by atoms with van der Waals surface area (Å²) >= 11 is 0. The predicted octanol–water partition coefficient (Wildman–Crippen LogP) is 2.10. The summed E-state index contributed by atoms with van der Waals surface area (Å²) in [5.74, 6) is 0. The molecule has 0 amide bonds. The highest BCUT2D eigenvalue weighted by Crippen LogP contribution is 2.20. The van der Waals surface area contributed by atoms with E-state index in [0.717, 1.165) is 25.7 Å². The van der Waals surface area contributed by atoms with Crippen LogP contribution in [0.2, 0.25) is 0 Å². The van der Waals surface area contributed by atoms with Crippen LogP contribution in [-0.2, 0) is 4.74 Å². The summed E-state index contributed by atoms with van der Waals surface area (Å²) < 4.78 is 5.68. The molecule has 3 heteroatoms. The van der Waals surface area contributed by atoms with Gasteiger partial charge in [-0.3, -0.25) is 0 Å². The molecule has 12 heavy (non-hydrogen) atoms. The van der Waals surface area contributed by atoms with Crippen molar-refractivity contribution in [1.29, 1.82) is 0 Å². The first-order chi connectivity index (χ1) is 5.18. The molecule has 2 nitrogen and oxygen atoms in total. The van der Waals surface area contributed by atoms with Crippen LogP contribution in [0, 0.1) is 0 Å². The summed E-state index contributed by atoms with van der Waals surface area (Å²) in [7, 11) is 0. The Bertz CT molecular complexity index is 111. The topological polar surface area (TPSA) is 35.2 Å². The smallest absolute Gasteiger partial charge is 0.0579 e. The molecule has 74 valence electrons. The fraction of sp³-hybridized carbons (Fsp3) is 1.00. The minimum absolute atomic E-state index is 0. The Labute approximate surface area is 81.3 Å². The molecule has 1 aliphatic carbocycles. The molecular formula is C9H20ClNO. The summed E-state index contributed by atoms with van der Waals surface area (Å²) in [5, 5.41) is 0. The highest BCUT2D eigenvalue weighted by Gasteiger charge is 2.19. The van der Waals surface area contributed by atoms with Crippen molar-refractivity contribution in [3.8, 4) is 0 Å². The van der Waals surface area contributed by atoms with Gasteiger partial charge in [0.1, 0.15) is 0 Å². The van der Waals surface area contributed by atoms with Crippen molar-refractivity contribution >= 4 is 12.4 Å². The molecule has 1 rings (SSSR count). The fourth-order valence-corrected chi connectivity index (χ4v) is 1.61. The Morgan fingerprint density at radius 1 is 1.17 bits per heavy atom. The van der Waals surface area contributed by atoms with Crippen molar-refractivity contribution in [2.75, 3.05) is 0 Å². The van der Waals surface area contributed by atoms with Gasteiger partial charge in [0.05, 0.1) is 12.2 Å². The first-order valence-corrected chi connectivity index (χ1v) is 4.59. The summed E-state index contributed by atoms with van der Waals surface area (Å²) in [6.07, 6.45) is 5.43. The van der Waals surface area contributed by atoms with E-state index in [1.807, 2.05) is 0 Å². The molecule has 0 radical (unpaired) electrons. The zero-order valence-electron chi connectivity index (χ0n) is 7.95. The average molecular weight is 194 g/mol. The average Bonchev–Trinajstić information content (AvgIpc) is 1.93. The van der Waals surface area contributed by atoms with Crippen LogP contribution in [0.3, 0.4) is 0 Å². The molecule has 1 saturated carbocycles. The van der Waals surface area contributed by atoms with Crippen LogP contribution in [-0.4, -0.2) is 18.2 Å². The van der Waals surface area contributed by atoms with Gasteiger partial charge in [-0.25, -0.2) is 0 Å². The summed E-state index contributed by atoms with van der Waals surface area (Å²) in [6.45, 7) is 4.18. The highest BCUT2D eigenvalue weighted by molar-refractivity contribution is 5.85. The van der Waals surface area contributed by atoms with Gasteiger partial charge < -0.3 is 10.5 Å². The Morgan fingerprint density at radius 3 is 2.08 bits per heavy atom. The second kappa shape index (κ2) is 5.79. The lowest BCUT2D eigenvalue weighted by Crippen LogP contribution is -2.31. The Morgan fingerprint density at radius 2 is 1.67 bits per heavy atom. The molecular weight excluding hydrogens is 174 g/mol. The van der Waals surface area contributed by atoms with E-state index < -0.39 is 0 Å². The number of hydrogen-bond acceptors (Lipinski definition) is 2. The molecule has 0 heterocycles. The van der Waals surface area contributed by atoms with Crippen molar-refractivity contribution in [3.63, 3.8) is 0 Å². The van der Waals surface area contributed by atoms with E-state index in [0.29, 0.717) is 18.2 Å². The van der Waals surface area contributed by atoms with Crippen molar-refractivity contribution in [2.24, 2.45) is 5.73 Å². The van der Waals surface area contributed by atoms with Gasteiger partial charge in [0.2, 0.25) is 0 Å². The van der Waals surface area contributed by atoms with Crippen LogP contribution in [0.15, 0.2) is 0 Å². The van der Waals surface area contributed by atoms with Gasteiger partial charge >= 0.3 is 0 Å². The van der Waals surface area contributed by atoms with Crippen LogP contribution in [0.1, 0.15) is 39.5 Å². The van der Waals surface area contributed by atoms with Crippen LogP contribution in [0.5, 0.6) is 0 Å². The highest BCUT2D eigenvalue weighted by atomic mass is 35.5. The molecule has 0 atom stereocenters. The number of nitrogens with two attached hydrogens (primary N) is 1. The molecule has 0 bridgehead atoms. The summed E-state index contributed by atoms with van der Waals surface area (Å²) in [4.78, 5) is 0. The number of hydrogen-bond donors (Lipinski definition) is 1. The summed E-state index contributed by atoms with van der Waals surface area (Å²) in [5.41, 5.74) is 5.77. The minimum Gasteiger partial charge on any atom is -0.376 e. The van der Waals surface area contributed by atoms with Crippen LogP contribution in [0.4, 0.5) is 0 Å². The second-order valence-corrected chi connectivity index (χ2v) is 3.72. The first kappa shape index (κ1) is 12.2. The van der Waals surface area contributed by atoms with Gasteiger partial charge in [-0.15, -0.1) is 12.4 Å². The lowest BCUT2D eigenvalue weighted by atomic mass is 9.94. The normalized spacial score (nSPS) is 30.0. The quantitative estimate of drug-likeness (QED) is 0.729. The predicted molar refractivity (Wildman–Crippen MR) is 53.7 cm³/mol. The Balaban J connectivity index is 0.00000121. The van der Waals surface area contributed by atoms with E-state index in [9.17, 15) is 0 Å². The molecule has 0 aromatic heterocycles. The zero-order chi connectivity index (χ0) is 8.27. The van der Waals surface area contributed by atoms with E-state index in [1.54, 1.807) is 0 Å². The first-order valence-electron chi connectivity index (χ1n) is 4.59. The van der Waals surface area contributed by atoms with Gasteiger partial charge in [-0.05, 0) is 39.5 Å². The largest absolute Gasteiger partial charge is 0.376 e. The molecule has 0 aliphatic heterocycles. The number of halogens is 1. The van der Waals surface area contributed by atoms with Crippen LogP contribution in [0.25, 0.3) is 0 Å². The third kappa shape index (κ3) is 4.29. The summed E-state index contributed by atoms with van der Waals surface area (Å²) in [6, 6.07) is 0.432. The third-order valence-corrected chi connectivity index (χ3v) is 2.18. The lowest BCUT2D eigenvalue weighted by molar-refractivity contribution is -0.0142. The van der Waals surface area contributed by atoms with Gasteiger partial charge in [0.15, 0.2) is 0 Å². The Hall–Kier alpha value is 0.210. The third-order valence-electron chi connectivity index (χ3n) is 2.18.